The molecular weight excluding hydrogens is 168 g/mol. The lowest BCUT2D eigenvalue weighted by molar-refractivity contribution is 0.439. The van der Waals surface area contributed by atoms with E-state index in [0.29, 0.717) is 11.4 Å². The zero-order valence-electron chi connectivity index (χ0n) is 7.06. The van der Waals surface area contributed by atoms with E-state index in [1.165, 1.54) is 0 Å². The maximum Gasteiger partial charge on any atom is 0.222 e. The summed E-state index contributed by atoms with van der Waals surface area (Å²) in [6.07, 6.45) is 3.30. The fraction of sp³-hybridized carbons (Fsp3) is 0.125. The number of anilines is 1. The molecule has 0 amide bonds. The van der Waals surface area contributed by atoms with Crippen LogP contribution in [0.4, 0.5) is 5.88 Å². The minimum atomic E-state index is 0.275. The fourth-order valence-corrected chi connectivity index (χ4v) is 0.935. The predicted molar refractivity (Wildman–Crippen MR) is 46.7 cm³/mol. The van der Waals surface area contributed by atoms with Crippen LogP contribution in [0.2, 0.25) is 0 Å². The summed E-state index contributed by atoms with van der Waals surface area (Å²) in [5, 5.41) is 3.71. The van der Waals surface area contributed by atoms with Gasteiger partial charge in [-0.25, -0.2) is 0 Å². The van der Waals surface area contributed by atoms with Gasteiger partial charge in [0.1, 0.15) is 11.4 Å². The third-order valence-corrected chi connectivity index (χ3v) is 1.57. The van der Waals surface area contributed by atoms with Gasteiger partial charge in [-0.2, -0.15) is 0 Å². The van der Waals surface area contributed by atoms with E-state index in [-0.39, 0.29) is 5.88 Å². The van der Waals surface area contributed by atoms with Gasteiger partial charge in [0.15, 0.2) is 0 Å². The smallest absolute Gasteiger partial charge is 0.222 e. The van der Waals surface area contributed by atoms with Gasteiger partial charge in [-0.05, 0) is 6.92 Å². The molecule has 0 radical (unpaired) electrons. The lowest BCUT2D eigenvalue weighted by Gasteiger charge is -1.93. The molecule has 5 heteroatoms. The number of aryl methyl sites for hydroxylation is 1. The van der Waals surface area contributed by atoms with Crippen LogP contribution >= 0.6 is 0 Å². The Hall–Kier alpha value is -1.91. The van der Waals surface area contributed by atoms with Gasteiger partial charge in [0.05, 0.1) is 11.9 Å². The second-order valence-corrected chi connectivity index (χ2v) is 2.66. The van der Waals surface area contributed by atoms with Crippen LogP contribution in [0.3, 0.4) is 0 Å². The highest BCUT2D eigenvalue weighted by Gasteiger charge is 2.04. The second-order valence-electron chi connectivity index (χ2n) is 2.66. The molecule has 66 valence electrons. The third-order valence-electron chi connectivity index (χ3n) is 1.57. The Morgan fingerprint density at radius 3 is 2.62 bits per heavy atom. The van der Waals surface area contributed by atoms with Crippen LogP contribution in [-0.2, 0) is 0 Å². The van der Waals surface area contributed by atoms with Crippen molar-refractivity contribution in [1.29, 1.82) is 0 Å². The molecule has 0 saturated heterocycles. The van der Waals surface area contributed by atoms with Crippen molar-refractivity contribution in [2.45, 2.75) is 6.92 Å². The molecule has 0 aromatic carbocycles. The van der Waals surface area contributed by atoms with Gasteiger partial charge in [0.2, 0.25) is 5.88 Å². The summed E-state index contributed by atoms with van der Waals surface area (Å²) in [6, 6.07) is 1.61. The van der Waals surface area contributed by atoms with Crippen molar-refractivity contribution >= 4 is 5.88 Å². The Bertz CT molecular complexity index is 406. The molecule has 0 aliphatic carbocycles. The van der Waals surface area contributed by atoms with Gasteiger partial charge in [-0.15, -0.1) is 0 Å². The van der Waals surface area contributed by atoms with Gasteiger partial charge in [0, 0.05) is 12.3 Å². The van der Waals surface area contributed by atoms with Gasteiger partial charge in [-0.3, -0.25) is 9.97 Å². The van der Waals surface area contributed by atoms with E-state index in [1.54, 1.807) is 18.5 Å². The van der Waals surface area contributed by atoms with Crippen molar-refractivity contribution in [2.24, 2.45) is 0 Å². The first-order valence-corrected chi connectivity index (χ1v) is 3.77. The van der Waals surface area contributed by atoms with Crippen LogP contribution in [-0.4, -0.2) is 15.1 Å². The second kappa shape index (κ2) is 2.85. The van der Waals surface area contributed by atoms with Gasteiger partial charge < -0.3 is 10.3 Å². The lowest BCUT2D eigenvalue weighted by Crippen LogP contribution is -1.87. The Labute approximate surface area is 74.6 Å². The van der Waals surface area contributed by atoms with Crippen LogP contribution in [0.5, 0.6) is 0 Å². The molecule has 5 nitrogen and oxygen atoms in total. The molecule has 0 saturated carbocycles. The molecule has 2 N–H and O–H groups in total. The fourth-order valence-electron chi connectivity index (χ4n) is 0.935. The van der Waals surface area contributed by atoms with E-state index in [4.69, 9.17) is 10.3 Å². The van der Waals surface area contributed by atoms with Crippen LogP contribution < -0.4 is 5.73 Å². The number of hydrogen-bond acceptors (Lipinski definition) is 5. The molecule has 0 aliphatic rings. The van der Waals surface area contributed by atoms with E-state index >= 15 is 0 Å². The van der Waals surface area contributed by atoms with Crippen molar-refractivity contribution in [3.05, 3.63) is 24.2 Å². The largest absolute Gasteiger partial charge is 0.368 e. The molecule has 13 heavy (non-hydrogen) atoms. The molecule has 2 heterocycles. The zero-order chi connectivity index (χ0) is 9.26. The Morgan fingerprint density at radius 1 is 1.23 bits per heavy atom. The minimum Gasteiger partial charge on any atom is -0.368 e. The summed E-state index contributed by atoms with van der Waals surface area (Å²) in [7, 11) is 0. The van der Waals surface area contributed by atoms with Gasteiger partial charge in [0.25, 0.3) is 0 Å². The zero-order valence-corrected chi connectivity index (χ0v) is 7.06. The summed E-state index contributed by atoms with van der Waals surface area (Å²) in [5.41, 5.74) is 7.49. The number of rotatable bonds is 1. The van der Waals surface area contributed by atoms with E-state index in [1.807, 2.05) is 6.92 Å². The lowest BCUT2D eigenvalue weighted by atomic mass is 10.3. The number of nitrogens with zero attached hydrogens (tertiary/aromatic N) is 3. The monoisotopic (exact) mass is 176 g/mol. The van der Waals surface area contributed by atoms with Crippen molar-refractivity contribution in [1.82, 2.24) is 15.1 Å². The minimum absolute atomic E-state index is 0.275. The Morgan fingerprint density at radius 2 is 2.08 bits per heavy atom. The molecule has 0 atom stereocenters. The van der Waals surface area contributed by atoms with Gasteiger partial charge in [-0.1, -0.05) is 5.16 Å². The normalized spacial score (nSPS) is 10.2. The molecule has 2 aromatic rings. The number of hydrogen-bond donors (Lipinski definition) is 1. The molecule has 0 aliphatic heterocycles. The number of nitrogens with two attached hydrogens (primary N) is 1. The number of nitrogen functional groups attached to an aromatic ring is 1. The molecule has 2 aromatic heterocycles. The summed E-state index contributed by atoms with van der Waals surface area (Å²) in [5.74, 6) is 0.275. The molecule has 0 bridgehead atoms. The highest BCUT2D eigenvalue weighted by Crippen LogP contribution is 2.16. The molecule has 0 spiro atoms. The SMILES string of the molecule is Cc1cnc(-c2cc(N)on2)cn1. The third kappa shape index (κ3) is 1.48. The van der Waals surface area contributed by atoms with Crippen LogP contribution in [0.1, 0.15) is 5.69 Å². The van der Waals surface area contributed by atoms with Crippen molar-refractivity contribution in [3.8, 4) is 11.4 Å². The van der Waals surface area contributed by atoms with Gasteiger partial charge >= 0.3 is 0 Å². The first-order valence-electron chi connectivity index (χ1n) is 3.77. The summed E-state index contributed by atoms with van der Waals surface area (Å²) < 4.78 is 4.71. The maximum atomic E-state index is 5.37. The van der Waals surface area contributed by atoms with E-state index < -0.39 is 0 Å². The predicted octanol–water partition coefficient (Wildman–Crippen LogP) is 1.02. The first-order chi connectivity index (χ1) is 6.25. The highest BCUT2D eigenvalue weighted by atomic mass is 16.5. The van der Waals surface area contributed by atoms with E-state index in [9.17, 15) is 0 Å². The summed E-state index contributed by atoms with van der Waals surface area (Å²) >= 11 is 0. The van der Waals surface area contributed by atoms with E-state index in [0.717, 1.165) is 5.69 Å². The topological polar surface area (TPSA) is 77.8 Å². The van der Waals surface area contributed by atoms with Crippen molar-refractivity contribution < 1.29 is 4.52 Å². The van der Waals surface area contributed by atoms with Crippen LogP contribution in [0.15, 0.2) is 23.0 Å². The maximum absolute atomic E-state index is 5.37. The standard InChI is InChI=1S/C8H8N4O/c1-5-3-11-7(4-10-5)6-2-8(9)13-12-6/h2-4H,9H2,1H3. The molecule has 2 rings (SSSR count). The highest BCUT2D eigenvalue weighted by molar-refractivity contribution is 5.55. The molecule has 0 fully saturated rings. The summed E-state index contributed by atoms with van der Waals surface area (Å²) in [4.78, 5) is 8.20. The Balaban J connectivity index is 2.41. The quantitative estimate of drug-likeness (QED) is 0.701. The summed E-state index contributed by atoms with van der Waals surface area (Å²) in [6.45, 7) is 1.87. The van der Waals surface area contributed by atoms with Crippen LogP contribution in [0.25, 0.3) is 11.4 Å². The molecular formula is C8H8N4O. The van der Waals surface area contributed by atoms with Crippen LogP contribution in [0, 0.1) is 6.92 Å². The average Bonchev–Trinajstić information content (AvgIpc) is 2.53. The molecule has 0 unspecified atom stereocenters. The van der Waals surface area contributed by atoms with Crippen molar-refractivity contribution in [2.75, 3.05) is 5.73 Å². The first kappa shape index (κ1) is 7.72. The average molecular weight is 176 g/mol. The Kier molecular flexibility index (Phi) is 1.70. The number of aromatic nitrogens is 3. The van der Waals surface area contributed by atoms with Crippen molar-refractivity contribution in [3.63, 3.8) is 0 Å². The van der Waals surface area contributed by atoms with E-state index in [2.05, 4.69) is 15.1 Å².